The van der Waals surface area contributed by atoms with E-state index in [-0.39, 0.29) is 6.03 Å². The standard InChI is InChI=1S/C14H19ClN2O5/c1-17(8-13-21-4-5-22-13)14(18)16-10-6-9(15)11(19-2)7-12(10)20-3/h6-7,13H,4-5,8H2,1-3H3,(H,16,18). The Balaban J connectivity index is 2.05. The number of amides is 2. The van der Waals surface area contributed by atoms with Crippen LogP contribution < -0.4 is 14.8 Å². The van der Waals surface area contributed by atoms with Gasteiger partial charge in [-0.3, -0.25) is 0 Å². The fourth-order valence-electron chi connectivity index (χ4n) is 1.99. The number of hydrogen-bond acceptors (Lipinski definition) is 5. The highest BCUT2D eigenvalue weighted by molar-refractivity contribution is 6.32. The predicted molar refractivity (Wildman–Crippen MR) is 81.9 cm³/mol. The molecule has 1 N–H and O–H groups in total. The molecular weight excluding hydrogens is 312 g/mol. The Morgan fingerprint density at radius 1 is 1.32 bits per heavy atom. The van der Waals surface area contributed by atoms with E-state index in [0.717, 1.165) is 0 Å². The molecule has 1 fully saturated rings. The fourth-order valence-corrected chi connectivity index (χ4v) is 2.23. The monoisotopic (exact) mass is 330 g/mol. The van der Waals surface area contributed by atoms with Gasteiger partial charge >= 0.3 is 6.03 Å². The van der Waals surface area contributed by atoms with E-state index < -0.39 is 6.29 Å². The number of nitrogens with zero attached hydrogens (tertiary/aromatic N) is 1. The van der Waals surface area contributed by atoms with Gasteiger partial charge in [-0.15, -0.1) is 0 Å². The van der Waals surface area contributed by atoms with E-state index in [4.69, 9.17) is 30.5 Å². The van der Waals surface area contributed by atoms with Crippen LogP contribution in [-0.4, -0.2) is 58.2 Å². The molecular formula is C14H19ClN2O5. The summed E-state index contributed by atoms with van der Waals surface area (Å²) in [6.07, 6.45) is -0.392. The SMILES string of the molecule is COc1cc(OC)c(NC(=O)N(C)CC2OCCO2)cc1Cl. The van der Waals surface area contributed by atoms with Crippen molar-refractivity contribution in [3.8, 4) is 11.5 Å². The predicted octanol–water partition coefficient (Wildman–Crippen LogP) is 2.19. The molecule has 0 aliphatic carbocycles. The molecule has 22 heavy (non-hydrogen) atoms. The van der Waals surface area contributed by atoms with E-state index in [1.807, 2.05) is 0 Å². The normalized spacial score (nSPS) is 14.7. The van der Waals surface area contributed by atoms with Crippen LogP contribution in [0.2, 0.25) is 5.02 Å². The van der Waals surface area contributed by atoms with E-state index in [0.29, 0.717) is 42.0 Å². The summed E-state index contributed by atoms with van der Waals surface area (Å²) in [4.78, 5) is 13.7. The van der Waals surface area contributed by atoms with Crippen LogP contribution in [0.15, 0.2) is 12.1 Å². The van der Waals surface area contributed by atoms with Crippen LogP contribution in [0.3, 0.4) is 0 Å². The Labute approximate surface area is 134 Å². The van der Waals surface area contributed by atoms with E-state index >= 15 is 0 Å². The Kier molecular flexibility index (Phi) is 5.70. The topological polar surface area (TPSA) is 69.3 Å². The number of ether oxygens (including phenoxy) is 4. The summed E-state index contributed by atoms with van der Waals surface area (Å²) in [6, 6.07) is 2.87. The number of anilines is 1. The maximum atomic E-state index is 12.2. The van der Waals surface area contributed by atoms with Crippen LogP contribution >= 0.6 is 11.6 Å². The summed E-state index contributed by atoms with van der Waals surface area (Å²) < 4.78 is 21.0. The minimum Gasteiger partial charge on any atom is -0.495 e. The molecule has 1 aromatic rings. The average molecular weight is 331 g/mol. The van der Waals surface area contributed by atoms with E-state index in [1.165, 1.54) is 19.1 Å². The number of urea groups is 1. The van der Waals surface area contributed by atoms with Gasteiger partial charge in [0.15, 0.2) is 6.29 Å². The summed E-state index contributed by atoms with van der Waals surface area (Å²) in [7, 11) is 4.66. The van der Waals surface area contributed by atoms with Gasteiger partial charge in [0.1, 0.15) is 11.5 Å². The zero-order valence-corrected chi connectivity index (χ0v) is 13.5. The van der Waals surface area contributed by atoms with Crippen molar-refractivity contribution in [1.29, 1.82) is 0 Å². The second-order valence-electron chi connectivity index (χ2n) is 4.67. The maximum Gasteiger partial charge on any atom is 0.321 e. The summed E-state index contributed by atoms with van der Waals surface area (Å²) in [5, 5.41) is 3.12. The van der Waals surface area contributed by atoms with Crippen LogP contribution in [-0.2, 0) is 9.47 Å². The number of methoxy groups -OCH3 is 2. The number of carbonyl (C=O) groups excluding carboxylic acids is 1. The van der Waals surface area contributed by atoms with Crippen molar-refractivity contribution >= 4 is 23.3 Å². The molecule has 1 heterocycles. The van der Waals surface area contributed by atoms with Gasteiger partial charge in [0.05, 0.1) is 44.7 Å². The number of halogens is 1. The van der Waals surface area contributed by atoms with Crippen molar-refractivity contribution in [2.45, 2.75) is 6.29 Å². The Bertz CT molecular complexity index is 534. The van der Waals surface area contributed by atoms with Gasteiger partial charge in [0.2, 0.25) is 0 Å². The minimum absolute atomic E-state index is 0.321. The molecule has 0 saturated carbocycles. The van der Waals surface area contributed by atoms with Crippen molar-refractivity contribution in [3.63, 3.8) is 0 Å². The summed E-state index contributed by atoms with van der Waals surface area (Å²) in [5.74, 6) is 0.925. The van der Waals surface area contributed by atoms with Gasteiger partial charge < -0.3 is 29.2 Å². The third-order valence-electron chi connectivity index (χ3n) is 3.18. The molecule has 122 valence electrons. The molecule has 0 atom stereocenters. The summed E-state index contributed by atoms with van der Waals surface area (Å²) in [5.41, 5.74) is 0.457. The van der Waals surface area contributed by atoms with Gasteiger partial charge in [-0.2, -0.15) is 0 Å². The number of benzene rings is 1. The number of hydrogen-bond donors (Lipinski definition) is 1. The first-order valence-corrected chi connectivity index (χ1v) is 7.09. The third-order valence-corrected chi connectivity index (χ3v) is 3.47. The Morgan fingerprint density at radius 3 is 2.55 bits per heavy atom. The maximum absolute atomic E-state index is 12.2. The Hall–Kier alpha value is -1.70. The summed E-state index contributed by atoms with van der Waals surface area (Å²) in [6.45, 7) is 1.42. The van der Waals surface area contributed by atoms with Crippen LogP contribution in [0.5, 0.6) is 11.5 Å². The van der Waals surface area contributed by atoms with Crippen molar-refractivity contribution in [2.24, 2.45) is 0 Å². The molecule has 0 radical (unpaired) electrons. The van der Waals surface area contributed by atoms with Crippen LogP contribution in [0.4, 0.5) is 10.5 Å². The zero-order chi connectivity index (χ0) is 16.1. The van der Waals surface area contributed by atoms with E-state index in [2.05, 4.69) is 5.32 Å². The molecule has 1 aromatic carbocycles. The van der Waals surface area contributed by atoms with Crippen LogP contribution in [0, 0.1) is 0 Å². The van der Waals surface area contributed by atoms with Crippen LogP contribution in [0.1, 0.15) is 0 Å². The average Bonchev–Trinajstić information content (AvgIpc) is 3.00. The van der Waals surface area contributed by atoms with Crippen molar-refractivity contribution in [2.75, 3.05) is 46.3 Å². The second kappa shape index (κ2) is 7.53. The molecule has 1 aliphatic heterocycles. The lowest BCUT2D eigenvalue weighted by Gasteiger charge is -2.21. The van der Waals surface area contributed by atoms with Crippen LogP contribution in [0.25, 0.3) is 0 Å². The largest absolute Gasteiger partial charge is 0.495 e. The number of likely N-dealkylation sites (N-methyl/N-ethyl adjacent to an activating group) is 1. The van der Waals surface area contributed by atoms with Gasteiger partial charge in [0, 0.05) is 13.1 Å². The molecule has 0 bridgehead atoms. The Morgan fingerprint density at radius 2 is 1.95 bits per heavy atom. The van der Waals surface area contributed by atoms with Gasteiger partial charge in [-0.1, -0.05) is 11.6 Å². The van der Waals surface area contributed by atoms with E-state index in [1.54, 1.807) is 19.2 Å². The molecule has 2 amide bonds. The van der Waals surface area contributed by atoms with Crippen molar-refractivity contribution in [3.05, 3.63) is 17.2 Å². The number of rotatable bonds is 5. The number of carbonyl (C=O) groups is 1. The molecule has 0 spiro atoms. The highest BCUT2D eigenvalue weighted by Crippen LogP contribution is 2.35. The quantitative estimate of drug-likeness (QED) is 0.896. The lowest BCUT2D eigenvalue weighted by atomic mass is 10.2. The van der Waals surface area contributed by atoms with Crippen molar-refractivity contribution < 1.29 is 23.7 Å². The molecule has 0 aromatic heterocycles. The highest BCUT2D eigenvalue weighted by Gasteiger charge is 2.21. The smallest absolute Gasteiger partial charge is 0.321 e. The lowest BCUT2D eigenvalue weighted by molar-refractivity contribution is -0.0518. The lowest BCUT2D eigenvalue weighted by Crippen LogP contribution is -2.37. The highest BCUT2D eigenvalue weighted by atomic mass is 35.5. The van der Waals surface area contributed by atoms with E-state index in [9.17, 15) is 4.79 Å². The number of nitrogens with one attached hydrogen (secondary N) is 1. The second-order valence-corrected chi connectivity index (χ2v) is 5.08. The van der Waals surface area contributed by atoms with Gasteiger partial charge in [0.25, 0.3) is 0 Å². The zero-order valence-electron chi connectivity index (χ0n) is 12.7. The fraction of sp³-hybridized carbons (Fsp3) is 0.500. The molecule has 0 unspecified atom stereocenters. The summed E-state index contributed by atoms with van der Waals surface area (Å²) >= 11 is 6.07. The molecule has 1 aliphatic rings. The van der Waals surface area contributed by atoms with Gasteiger partial charge in [-0.05, 0) is 6.07 Å². The van der Waals surface area contributed by atoms with Gasteiger partial charge in [-0.25, -0.2) is 4.79 Å². The molecule has 1 saturated heterocycles. The third kappa shape index (κ3) is 3.94. The molecule has 8 heteroatoms. The first-order valence-electron chi connectivity index (χ1n) is 6.72. The molecule has 2 rings (SSSR count). The van der Waals surface area contributed by atoms with Crippen molar-refractivity contribution in [1.82, 2.24) is 4.90 Å². The first-order chi connectivity index (χ1) is 10.5. The molecule has 7 nitrogen and oxygen atoms in total. The minimum atomic E-state index is -0.392. The first kappa shape index (κ1) is 16.7.